The standard InChI is InChI=1S/C23H29FN2O2/c1-3-4-14-28-21-17(2)15-18(16-25-21)26-22(27)23(12-8-5-9-13-23)19-10-6-7-11-20(19)24/h6-7,10-11,15-16H,3-5,8-9,12-14H2,1-2H3,(H,26,27). The van der Waals surface area contributed by atoms with Crippen molar-refractivity contribution in [2.75, 3.05) is 11.9 Å². The Labute approximate surface area is 166 Å². The van der Waals surface area contributed by atoms with Gasteiger partial charge in [-0.25, -0.2) is 9.37 Å². The van der Waals surface area contributed by atoms with Crippen molar-refractivity contribution >= 4 is 11.6 Å². The summed E-state index contributed by atoms with van der Waals surface area (Å²) in [6, 6.07) is 8.51. The van der Waals surface area contributed by atoms with Gasteiger partial charge in [-0.1, -0.05) is 50.8 Å². The quantitative estimate of drug-likeness (QED) is 0.637. The smallest absolute Gasteiger partial charge is 0.235 e. The number of carbonyl (C=O) groups excluding carboxylic acids is 1. The van der Waals surface area contributed by atoms with Gasteiger partial charge in [-0.2, -0.15) is 0 Å². The van der Waals surface area contributed by atoms with Crippen molar-refractivity contribution in [1.82, 2.24) is 4.98 Å². The molecule has 0 radical (unpaired) electrons. The first kappa shape index (κ1) is 20.3. The maximum atomic E-state index is 14.6. The number of carbonyl (C=O) groups is 1. The Balaban J connectivity index is 1.81. The number of hydrogen-bond donors (Lipinski definition) is 1. The van der Waals surface area contributed by atoms with Crippen LogP contribution in [0, 0.1) is 12.7 Å². The van der Waals surface area contributed by atoms with E-state index in [2.05, 4.69) is 17.2 Å². The van der Waals surface area contributed by atoms with Crippen molar-refractivity contribution in [3.63, 3.8) is 0 Å². The number of amides is 1. The molecule has 1 N–H and O–H groups in total. The number of rotatable bonds is 7. The highest BCUT2D eigenvalue weighted by atomic mass is 19.1. The van der Waals surface area contributed by atoms with Crippen LogP contribution < -0.4 is 10.1 Å². The molecular weight excluding hydrogens is 355 g/mol. The summed E-state index contributed by atoms with van der Waals surface area (Å²) >= 11 is 0. The molecule has 0 atom stereocenters. The van der Waals surface area contributed by atoms with Crippen molar-refractivity contribution in [1.29, 1.82) is 0 Å². The van der Waals surface area contributed by atoms with Gasteiger partial charge in [-0.3, -0.25) is 4.79 Å². The summed E-state index contributed by atoms with van der Waals surface area (Å²) < 4.78 is 20.3. The highest BCUT2D eigenvalue weighted by Gasteiger charge is 2.42. The number of pyridine rings is 1. The molecule has 0 bridgehead atoms. The molecular formula is C23H29FN2O2. The number of nitrogens with zero attached hydrogens (tertiary/aromatic N) is 1. The fraction of sp³-hybridized carbons (Fsp3) is 0.478. The summed E-state index contributed by atoms with van der Waals surface area (Å²) in [6.45, 7) is 4.66. The fourth-order valence-corrected chi connectivity index (χ4v) is 3.97. The van der Waals surface area contributed by atoms with E-state index < -0.39 is 5.41 Å². The van der Waals surface area contributed by atoms with Gasteiger partial charge >= 0.3 is 0 Å². The second-order valence-electron chi connectivity index (χ2n) is 7.62. The molecule has 0 saturated heterocycles. The first-order valence-electron chi connectivity index (χ1n) is 10.2. The monoisotopic (exact) mass is 384 g/mol. The van der Waals surface area contributed by atoms with Crippen molar-refractivity contribution < 1.29 is 13.9 Å². The number of unbranched alkanes of at least 4 members (excludes halogenated alkanes) is 1. The Bertz CT molecular complexity index is 816. The Kier molecular flexibility index (Phi) is 6.65. The molecule has 1 saturated carbocycles. The minimum atomic E-state index is -0.826. The van der Waals surface area contributed by atoms with E-state index in [0.29, 0.717) is 36.6 Å². The molecule has 5 heteroatoms. The minimum absolute atomic E-state index is 0.154. The second kappa shape index (κ2) is 9.18. The molecule has 1 fully saturated rings. The zero-order chi connectivity index (χ0) is 20.0. The third-order valence-electron chi connectivity index (χ3n) is 5.56. The Morgan fingerprint density at radius 1 is 1.25 bits per heavy atom. The molecule has 28 heavy (non-hydrogen) atoms. The maximum absolute atomic E-state index is 14.6. The highest BCUT2D eigenvalue weighted by molar-refractivity contribution is 5.99. The minimum Gasteiger partial charge on any atom is -0.477 e. The van der Waals surface area contributed by atoms with Crippen LogP contribution in [0.4, 0.5) is 10.1 Å². The van der Waals surface area contributed by atoms with Crippen LogP contribution in [0.1, 0.15) is 63.0 Å². The van der Waals surface area contributed by atoms with E-state index in [1.807, 2.05) is 13.0 Å². The van der Waals surface area contributed by atoms with Gasteiger partial charge in [0.25, 0.3) is 0 Å². The summed E-state index contributed by atoms with van der Waals surface area (Å²) in [4.78, 5) is 17.7. The molecule has 1 aromatic carbocycles. The zero-order valence-electron chi connectivity index (χ0n) is 16.8. The van der Waals surface area contributed by atoms with Crippen LogP contribution in [0.15, 0.2) is 36.5 Å². The lowest BCUT2D eigenvalue weighted by molar-refractivity contribution is -0.122. The molecule has 1 heterocycles. The summed E-state index contributed by atoms with van der Waals surface area (Å²) in [6.07, 6.45) is 7.88. The summed E-state index contributed by atoms with van der Waals surface area (Å²) in [5.41, 5.74) is 1.16. The van der Waals surface area contributed by atoms with Gasteiger partial charge < -0.3 is 10.1 Å². The van der Waals surface area contributed by atoms with Crippen molar-refractivity contribution in [2.24, 2.45) is 0 Å². The number of hydrogen-bond acceptors (Lipinski definition) is 3. The fourth-order valence-electron chi connectivity index (χ4n) is 3.97. The average molecular weight is 384 g/mol. The molecule has 1 amide bonds. The van der Waals surface area contributed by atoms with E-state index in [1.54, 1.807) is 24.4 Å². The van der Waals surface area contributed by atoms with Crippen LogP contribution in [0.2, 0.25) is 0 Å². The molecule has 0 aliphatic heterocycles. The van der Waals surface area contributed by atoms with E-state index in [9.17, 15) is 9.18 Å². The Morgan fingerprint density at radius 3 is 2.68 bits per heavy atom. The SMILES string of the molecule is CCCCOc1ncc(NC(=O)C2(c3ccccc3F)CCCCC2)cc1C. The van der Waals surface area contributed by atoms with Crippen molar-refractivity contribution in [2.45, 2.75) is 64.2 Å². The Hall–Kier alpha value is -2.43. The van der Waals surface area contributed by atoms with Crippen LogP contribution in [0.5, 0.6) is 5.88 Å². The van der Waals surface area contributed by atoms with E-state index in [0.717, 1.165) is 37.7 Å². The molecule has 1 aromatic heterocycles. The highest BCUT2D eigenvalue weighted by Crippen LogP contribution is 2.41. The van der Waals surface area contributed by atoms with Crippen LogP contribution >= 0.6 is 0 Å². The molecule has 4 nitrogen and oxygen atoms in total. The normalized spacial score (nSPS) is 15.8. The van der Waals surface area contributed by atoms with Crippen LogP contribution in [-0.4, -0.2) is 17.5 Å². The summed E-state index contributed by atoms with van der Waals surface area (Å²) in [5, 5.41) is 2.99. The van der Waals surface area contributed by atoms with E-state index in [4.69, 9.17) is 4.74 Å². The number of halogens is 1. The van der Waals surface area contributed by atoms with Crippen molar-refractivity contribution in [3.8, 4) is 5.88 Å². The van der Waals surface area contributed by atoms with Crippen LogP contribution in [-0.2, 0) is 10.2 Å². The van der Waals surface area contributed by atoms with E-state index in [-0.39, 0.29) is 11.7 Å². The first-order chi connectivity index (χ1) is 13.6. The number of anilines is 1. The zero-order valence-corrected chi connectivity index (χ0v) is 16.8. The predicted octanol–water partition coefficient (Wildman–Crippen LogP) is 5.55. The van der Waals surface area contributed by atoms with E-state index in [1.165, 1.54) is 6.07 Å². The van der Waals surface area contributed by atoms with Gasteiger partial charge in [0.1, 0.15) is 5.82 Å². The summed E-state index contributed by atoms with van der Waals surface area (Å²) in [7, 11) is 0. The van der Waals surface area contributed by atoms with Crippen LogP contribution in [0.25, 0.3) is 0 Å². The first-order valence-corrected chi connectivity index (χ1v) is 10.2. The molecule has 2 aromatic rings. The molecule has 3 rings (SSSR count). The number of nitrogens with one attached hydrogen (secondary N) is 1. The van der Waals surface area contributed by atoms with Crippen molar-refractivity contribution in [3.05, 3.63) is 53.5 Å². The van der Waals surface area contributed by atoms with Gasteiger partial charge in [0.15, 0.2) is 0 Å². The number of benzene rings is 1. The van der Waals surface area contributed by atoms with Crippen LogP contribution in [0.3, 0.4) is 0 Å². The number of aromatic nitrogens is 1. The topological polar surface area (TPSA) is 51.2 Å². The lowest BCUT2D eigenvalue weighted by atomic mass is 9.68. The van der Waals surface area contributed by atoms with Gasteiger partial charge in [-0.15, -0.1) is 0 Å². The van der Waals surface area contributed by atoms with Gasteiger partial charge in [0.2, 0.25) is 11.8 Å². The van der Waals surface area contributed by atoms with Gasteiger partial charge in [-0.05, 0) is 38.3 Å². The maximum Gasteiger partial charge on any atom is 0.235 e. The molecule has 1 aliphatic carbocycles. The lowest BCUT2D eigenvalue weighted by Gasteiger charge is -2.36. The molecule has 150 valence electrons. The summed E-state index contributed by atoms with van der Waals surface area (Å²) in [5.74, 6) is 0.125. The Morgan fingerprint density at radius 2 is 2.00 bits per heavy atom. The molecule has 0 unspecified atom stereocenters. The lowest BCUT2D eigenvalue weighted by Crippen LogP contribution is -2.42. The third-order valence-corrected chi connectivity index (χ3v) is 5.56. The third kappa shape index (κ3) is 4.34. The molecule has 0 spiro atoms. The van der Waals surface area contributed by atoms with Gasteiger partial charge in [0.05, 0.1) is 23.9 Å². The average Bonchev–Trinajstić information content (AvgIpc) is 2.70. The van der Waals surface area contributed by atoms with E-state index >= 15 is 0 Å². The molecule has 1 aliphatic rings. The predicted molar refractivity (Wildman–Crippen MR) is 109 cm³/mol. The number of aryl methyl sites for hydroxylation is 1. The number of ether oxygens (including phenoxy) is 1. The largest absolute Gasteiger partial charge is 0.477 e. The second-order valence-corrected chi connectivity index (χ2v) is 7.62. The van der Waals surface area contributed by atoms with Gasteiger partial charge in [0, 0.05) is 11.1 Å².